The molecule has 1 heterocycles. The van der Waals surface area contributed by atoms with Crippen LogP contribution in [0, 0.1) is 5.92 Å². The number of para-hydroxylation sites is 1. The third-order valence-electron chi connectivity index (χ3n) is 4.09. The number of carbonyl (C=O) groups excluding carboxylic acids is 1. The zero-order valence-electron chi connectivity index (χ0n) is 12.1. The van der Waals surface area contributed by atoms with E-state index in [1.807, 2.05) is 18.2 Å². The number of benzene rings is 1. The third kappa shape index (κ3) is 3.15. The maximum absolute atomic E-state index is 12.2. The number of hydrogen-bond donors (Lipinski definition) is 2. The number of rotatable bonds is 4. The number of hydrogen-bond acceptors (Lipinski definition) is 3. The molecule has 0 radical (unpaired) electrons. The van der Waals surface area contributed by atoms with Crippen molar-refractivity contribution in [2.45, 2.75) is 25.4 Å². The topological polar surface area (TPSA) is 67.2 Å². The number of amides is 1. The van der Waals surface area contributed by atoms with E-state index in [0.29, 0.717) is 17.1 Å². The summed E-state index contributed by atoms with van der Waals surface area (Å²) in [6.07, 6.45) is 5.68. The summed E-state index contributed by atoms with van der Waals surface area (Å²) in [6.45, 7) is 0.497. The molecule has 6 heteroatoms. The van der Waals surface area contributed by atoms with Gasteiger partial charge >= 0.3 is 0 Å². The van der Waals surface area contributed by atoms with Crippen LogP contribution in [0.4, 0.5) is 0 Å². The zero-order valence-corrected chi connectivity index (χ0v) is 12.8. The molecule has 22 heavy (non-hydrogen) atoms. The van der Waals surface area contributed by atoms with E-state index in [-0.39, 0.29) is 17.9 Å². The Morgan fingerprint density at radius 3 is 2.95 bits per heavy atom. The fourth-order valence-electron chi connectivity index (χ4n) is 2.79. The minimum absolute atomic E-state index is 0.155. The second-order valence-corrected chi connectivity index (χ2v) is 6.00. The van der Waals surface area contributed by atoms with Crippen LogP contribution in [0.3, 0.4) is 0 Å². The Balaban J connectivity index is 1.66. The Bertz CT molecular complexity index is 671. The van der Waals surface area contributed by atoms with Gasteiger partial charge in [-0.3, -0.25) is 4.79 Å². The highest BCUT2D eigenvalue weighted by Gasteiger charge is 2.25. The molecule has 0 aliphatic heterocycles. The highest BCUT2D eigenvalue weighted by molar-refractivity contribution is 6.32. The highest BCUT2D eigenvalue weighted by Crippen LogP contribution is 2.24. The molecule has 0 spiro atoms. The Kier molecular flexibility index (Phi) is 4.45. The lowest BCUT2D eigenvalue weighted by atomic mass is 10.1. The molecule has 2 aromatic rings. The zero-order chi connectivity index (χ0) is 15.5. The van der Waals surface area contributed by atoms with Crippen LogP contribution >= 0.6 is 11.6 Å². The molecule has 1 aliphatic rings. The normalized spacial score (nSPS) is 21.0. The molecule has 116 valence electrons. The van der Waals surface area contributed by atoms with E-state index < -0.39 is 0 Å². The van der Waals surface area contributed by atoms with E-state index in [2.05, 4.69) is 10.4 Å². The van der Waals surface area contributed by atoms with E-state index in [1.54, 1.807) is 16.9 Å². The molecule has 1 saturated carbocycles. The predicted molar refractivity (Wildman–Crippen MR) is 84.3 cm³/mol. The first kappa shape index (κ1) is 15.1. The number of aromatic nitrogens is 2. The summed E-state index contributed by atoms with van der Waals surface area (Å²) in [5.41, 5.74) is 1.21. The number of aliphatic hydroxyl groups excluding tert-OH is 1. The van der Waals surface area contributed by atoms with Gasteiger partial charge in [0, 0.05) is 18.7 Å². The predicted octanol–water partition coefficient (Wildman–Crippen LogP) is 2.42. The van der Waals surface area contributed by atoms with Gasteiger partial charge in [0.25, 0.3) is 5.91 Å². The van der Waals surface area contributed by atoms with Crippen LogP contribution in [0.1, 0.15) is 29.6 Å². The molecule has 2 unspecified atom stereocenters. The molecule has 3 rings (SSSR count). The van der Waals surface area contributed by atoms with Crippen LogP contribution < -0.4 is 5.32 Å². The molecule has 1 aromatic heterocycles. The highest BCUT2D eigenvalue weighted by atomic mass is 35.5. The van der Waals surface area contributed by atoms with Gasteiger partial charge in [0.2, 0.25) is 0 Å². The first-order chi connectivity index (χ1) is 10.6. The van der Waals surface area contributed by atoms with Crippen LogP contribution in [0.15, 0.2) is 36.7 Å². The molecule has 5 nitrogen and oxygen atoms in total. The summed E-state index contributed by atoms with van der Waals surface area (Å²) < 4.78 is 1.58. The molecule has 2 atom stereocenters. The molecule has 1 aliphatic carbocycles. The SMILES string of the molecule is O=C(NCC1CCCC1O)c1cnn(-c2ccccc2Cl)c1. The number of nitrogens with one attached hydrogen (secondary N) is 1. The van der Waals surface area contributed by atoms with E-state index in [4.69, 9.17) is 11.6 Å². The van der Waals surface area contributed by atoms with Crippen molar-refractivity contribution in [3.63, 3.8) is 0 Å². The van der Waals surface area contributed by atoms with Crippen molar-refractivity contribution in [3.05, 3.63) is 47.2 Å². The summed E-state index contributed by atoms with van der Waals surface area (Å²) in [5.74, 6) is -0.0278. The molecule has 1 amide bonds. The Morgan fingerprint density at radius 1 is 1.41 bits per heavy atom. The maximum Gasteiger partial charge on any atom is 0.254 e. The van der Waals surface area contributed by atoms with Gasteiger partial charge in [-0.15, -0.1) is 0 Å². The van der Waals surface area contributed by atoms with Gasteiger partial charge < -0.3 is 10.4 Å². The lowest BCUT2D eigenvalue weighted by molar-refractivity contribution is 0.0917. The van der Waals surface area contributed by atoms with E-state index in [1.165, 1.54) is 6.20 Å². The van der Waals surface area contributed by atoms with Crippen molar-refractivity contribution < 1.29 is 9.90 Å². The average molecular weight is 320 g/mol. The van der Waals surface area contributed by atoms with Crippen molar-refractivity contribution in [1.29, 1.82) is 0 Å². The largest absolute Gasteiger partial charge is 0.393 e. The van der Waals surface area contributed by atoms with Gasteiger partial charge in [-0.2, -0.15) is 5.10 Å². The second-order valence-electron chi connectivity index (χ2n) is 5.59. The van der Waals surface area contributed by atoms with Gasteiger partial charge in [0.1, 0.15) is 0 Å². The second kappa shape index (κ2) is 6.50. The standard InChI is InChI=1S/C16H18ClN3O2/c17-13-5-1-2-6-14(13)20-10-12(9-19-20)16(22)18-8-11-4-3-7-15(11)21/h1-2,5-6,9-11,15,21H,3-4,7-8H2,(H,18,22). The fourth-order valence-corrected chi connectivity index (χ4v) is 3.01. The van der Waals surface area contributed by atoms with E-state index in [0.717, 1.165) is 24.9 Å². The monoisotopic (exact) mass is 319 g/mol. The molecular formula is C16H18ClN3O2. The average Bonchev–Trinajstić information content (AvgIpc) is 3.14. The van der Waals surface area contributed by atoms with Crippen molar-refractivity contribution in [2.24, 2.45) is 5.92 Å². The number of carbonyl (C=O) groups is 1. The quantitative estimate of drug-likeness (QED) is 0.909. The van der Waals surface area contributed by atoms with Crippen LogP contribution in [0.2, 0.25) is 5.02 Å². The number of nitrogens with zero attached hydrogens (tertiary/aromatic N) is 2. The summed E-state index contributed by atoms with van der Waals surface area (Å²) >= 11 is 6.12. The smallest absolute Gasteiger partial charge is 0.254 e. The van der Waals surface area contributed by atoms with E-state index in [9.17, 15) is 9.90 Å². The van der Waals surface area contributed by atoms with Gasteiger partial charge in [0.15, 0.2) is 0 Å². The number of halogens is 1. The van der Waals surface area contributed by atoms with Crippen LogP contribution in [0.5, 0.6) is 0 Å². The first-order valence-electron chi connectivity index (χ1n) is 7.41. The summed E-state index contributed by atoms with van der Waals surface area (Å²) in [5, 5.41) is 17.4. The number of aliphatic hydroxyl groups is 1. The molecular weight excluding hydrogens is 302 g/mol. The summed E-state index contributed by atoms with van der Waals surface area (Å²) in [4.78, 5) is 12.2. The van der Waals surface area contributed by atoms with Crippen LogP contribution in [-0.4, -0.2) is 33.4 Å². The minimum Gasteiger partial charge on any atom is -0.393 e. The summed E-state index contributed by atoms with van der Waals surface area (Å²) in [6, 6.07) is 7.33. The molecule has 1 fully saturated rings. The Labute approximate surface area is 133 Å². The third-order valence-corrected chi connectivity index (χ3v) is 4.41. The Morgan fingerprint density at radius 2 is 2.23 bits per heavy atom. The van der Waals surface area contributed by atoms with Gasteiger partial charge in [-0.05, 0) is 25.0 Å². The molecule has 1 aromatic carbocycles. The maximum atomic E-state index is 12.2. The lowest BCUT2D eigenvalue weighted by Crippen LogP contribution is -2.32. The van der Waals surface area contributed by atoms with Crippen molar-refractivity contribution in [1.82, 2.24) is 15.1 Å². The van der Waals surface area contributed by atoms with Crippen molar-refractivity contribution in [3.8, 4) is 5.69 Å². The van der Waals surface area contributed by atoms with Crippen molar-refractivity contribution >= 4 is 17.5 Å². The molecule has 0 saturated heterocycles. The van der Waals surface area contributed by atoms with Gasteiger partial charge in [-0.1, -0.05) is 30.2 Å². The van der Waals surface area contributed by atoms with E-state index >= 15 is 0 Å². The minimum atomic E-state index is -0.300. The molecule has 2 N–H and O–H groups in total. The lowest BCUT2D eigenvalue weighted by Gasteiger charge is -2.14. The van der Waals surface area contributed by atoms with Gasteiger partial charge in [-0.25, -0.2) is 4.68 Å². The van der Waals surface area contributed by atoms with Crippen LogP contribution in [-0.2, 0) is 0 Å². The van der Waals surface area contributed by atoms with Crippen molar-refractivity contribution in [2.75, 3.05) is 6.54 Å². The van der Waals surface area contributed by atoms with Gasteiger partial charge in [0.05, 0.1) is 28.6 Å². The van der Waals surface area contributed by atoms with Crippen LogP contribution in [0.25, 0.3) is 5.69 Å². The first-order valence-corrected chi connectivity index (χ1v) is 7.79. The molecule has 0 bridgehead atoms. The summed E-state index contributed by atoms with van der Waals surface area (Å²) in [7, 11) is 0. The fraction of sp³-hybridized carbons (Fsp3) is 0.375. The Hall–Kier alpha value is -1.85.